The topological polar surface area (TPSA) is 12.0 Å². The van der Waals surface area contributed by atoms with Crippen molar-refractivity contribution in [3.8, 4) is 0 Å². The fraction of sp³-hybridized carbons (Fsp3) is 0.412. The molecule has 1 atom stereocenters. The summed E-state index contributed by atoms with van der Waals surface area (Å²) in [4.78, 5) is 2.85. The van der Waals surface area contributed by atoms with Crippen molar-refractivity contribution in [3.05, 3.63) is 51.7 Å². The highest BCUT2D eigenvalue weighted by molar-refractivity contribution is 7.99. The van der Waals surface area contributed by atoms with Gasteiger partial charge in [0.2, 0.25) is 0 Å². The van der Waals surface area contributed by atoms with Crippen molar-refractivity contribution in [2.24, 2.45) is 0 Å². The van der Waals surface area contributed by atoms with E-state index in [0.29, 0.717) is 6.04 Å². The Balaban J connectivity index is 2.03. The van der Waals surface area contributed by atoms with Crippen molar-refractivity contribution in [2.75, 3.05) is 12.3 Å². The first-order valence-corrected chi connectivity index (χ1v) is 9.04. The number of thiophene rings is 1. The molecule has 108 valence electrons. The summed E-state index contributed by atoms with van der Waals surface area (Å²) in [6, 6.07) is 11.4. The Bertz CT molecular complexity index is 533. The SMILES string of the molecule is CCCNC(CSc1cccc(C)c1)c1sccc1C. The molecule has 20 heavy (non-hydrogen) atoms. The van der Waals surface area contributed by atoms with Gasteiger partial charge in [-0.25, -0.2) is 0 Å². The van der Waals surface area contributed by atoms with E-state index in [4.69, 9.17) is 0 Å². The minimum atomic E-state index is 0.459. The standard InChI is InChI=1S/C17H23NS2/c1-4-9-18-16(17-14(3)8-10-19-17)12-20-15-7-5-6-13(2)11-15/h5-8,10-11,16,18H,4,9,12H2,1-3H3. The van der Waals surface area contributed by atoms with Crippen molar-refractivity contribution in [1.29, 1.82) is 0 Å². The number of benzene rings is 1. The summed E-state index contributed by atoms with van der Waals surface area (Å²) >= 11 is 3.81. The quantitative estimate of drug-likeness (QED) is 0.706. The highest BCUT2D eigenvalue weighted by Crippen LogP contribution is 2.30. The van der Waals surface area contributed by atoms with E-state index in [1.807, 2.05) is 23.1 Å². The van der Waals surface area contributed by atoms with Crippen LogP contribution in [0.15, 0.2) is 40.6 Å². The Labute approximate surface area is 130 Å². The molecule has 0 aliphatic heterocycles. The van der Waals surface area contributed by atoms with Crippen LogP contribution < -0.4 is 5.32 Å². The van der Waals surface area contributed by atoms with Crippen LogP contribution in [0.3, 0.4) is 0 Å². The zero-order valence-corrected chi connectivity index (χ0v) is 14.1. The van der Waals surface area contributed by atoms with Gasteiger partial charge in [-0.05, 0) is 56.0 Å². The van der Waals surface area contributed by atoms with Gasteiger partial charge < -0.3 is 5.32 Å². The normalized spacial score (nSPS) is 12.6. The minimum absolute atomic E-state index is 0.459. The Morgan fingerprint density at radius 2 is 2.10 bits per heavy atom. The number of aryl methyl sites for hydroxylation is 2. The lowest BCUT2D eigenvalue weighted by Gasteiger charge is -2.18. The van der Waals surface area contributed by atoms with Gasteiger partial charge in [0.1, 0.15) is 0 Å². The molecule has 0 radical (unpaired) electrons. The summed E-state index contributed by atoms with van der Waals surface area (Å²) in [5.74, 6) is 1.09. The summed E-state index contributed by atoms with van der Waals surface area (Å²) in [5, 5.41) is 5.88. The predicted molar refractivity (Wildman–Crippen MR) is 92.0 cm³/mol. The number of hydrogen-bond acceptors (Lipinski definition) is 3. The van der Waals surface area contributed by atoms with Crippen molar-refractivity contribution in [3.63, 3.8) is 0 Å². The third kappa shape index (κ3) is 4.37. The second-order valence-electron chi connectivity index (χ2n) is 5.10. The zero-order valence-electron chi connectivity index (χ0n) is 12.5. The molecule has 0 aliphatic carbocycles. The van der Waals surface area contributed by atoms with E-state index in [-0.39, 0.29) is 0 Å². The highest BCUT2D eigenvalue weighted by Gasteiger charge is 2.14. The molecule has 2 rings (SSSR count). The van der Waals surface area contributed by atoms with Crippen LogP contribution in [0.2, 0.25) is 0 Å². The molecular weight excluding hydrogens is 282 g/mol. The first-order valence-electron chi connectivity index (χ1n) is 7.17. The van der Waals surface area contributed by atoms with Gasteiger partial charge in [-0.15, -0.1) is 23.1 Å². The Kier molecular flexibility index (Phi) is 6.14. The average molecular weight is 306 g/mol. The Hall–Kier alpha value is -0.770. The van der Waals surface area contributed by atoms with E-state index < -0.39 is 0 Å². The lowest BCUT2D eigenvalue weighted by Crippen LogP contribution is -2.23. The van der Waals surface area contributed by atoms with E-state index in [1.165, 1.54) is 27.3 Å². The summed E-state index contributed by atoms with van der Waals surface area (Å²) < 4.78 is 0. The molecule has 1 heterocycles. The first kappa shape index (κ1) is 15.6. The molecule has 0 bridgehead atoms. The van der Waals surface area contributed by atoms with Crippen molar-refractivity contribution < 1.29 is 0 Å². The van der Waals surface area contributed by atoms with Crippen LogP contribution in [-0.2, 0) is 0 Å². The Morgan fingerprint density at radius 3 is 2.75 bits per heavy atom. The van der Waals surface area contributed by atoms with Crippen LogP contribution in [0, 0.1) is 13.8 Å². The maximum Gasteiger partial charge on any atom is 0.0512 e. The molecule has 2 aromatic rings. The van der Waals surface area contributed by atoms with Gasteiger partial charge in [-0.2, -0.15) is 0 Å². The van der Waals surface area contributed by atoms with Crippen molar-refractivity contribution in [2.45, 2.75) is 38.1 Å². The first-order chi connectivity index (χ1) is 9.70. The van der Waals surface area contributed by atoms with E-state index in [1.54, 1.807) is 0 Å². The molecule has 0 saturated heterocycles. The Morgan fingerprint density at radius 1 is 1.25 bits per heavy atom. The minimum Gasteiger partial charge on any atom is -0.309 e. The average Bonchev–Trinajstić information content (AvgIpc) is 2.85. The van der Waals surface area contributed by atoms with Gasteiger partial charge in [0.15, 0.2) is 0 Å². The zero-order chi connectivity index (χ0) is 14.4. The van der Waals surface area contributed by atoms with Crippen LogP contribution in [0.4, 0.5) is 0 Å². The molecule has 3 heteroatoms. The van der Waals surface area contributed by atoms with E-state index in [2.05, 4.69) is 61.8 Å². The summed E-state index contributed by atoms with van der Waals surface area (Å²) in [7, 11) is 0. The number of hydrogen-bond donors (Lipinski definition) is 1. The van der Waals surface area contributed by atoms with Crippen LogP contribution in [0.5, 0.6) is 0 Å². The highest BCUT2D eigenvalue weighted by atomic mass is 32.2. The maximum atomic E-state index is 3.69. The fourth-order valence-electron chi connectivity index (χ4n) is 2.17. The van der Waals surface area contributed by atoms with Gasteiger partial charge in [0, 0.05) is 15.5 Å². The van der Waals surface area contributed by atoms with E-state index >= 15 is 0 Å². The molecule has 0 amide bonds. The second-order valence-corrected chi connectivity index (χ2v) is 7.14. The van der Waals surface area contributed by atoms with Crippen LogP contribution in [0.1, 0.15) is 35.4 Å². The van der Waals surface area contributed by atoms with E-state index in [0.717, 1.165) is 12.3 Å². The van der Waals surface area contributed by atoms with Gasteiger partial charge in [-0.3, -0.25) is 0 Å². The van der Waals surface area contributed by atoms with Gasteiger partial charge in [0.05, 0.1) is 6.04 Å². The molecule has 0 aliphatic rings. The summed E-state index contributed by atoms with van der Waals surface area (Å²) in [6.45, 7) is 7.67. The third-order valence-corrected chi connectivity index (χ3v) is 5.48. The molecule has 1 nitrogen and oxygen atoms in total. The largest absolute Gasteiger partial charge is 0.309 e. The van der Waals surface area contributed by atoms with Gasteiger partial charge in [0.25, 0.3) is 0 Å². The third-order valence-electron chi connectivity index (χ3n) is 3.27. The second kappa shape index (κ2) is 7.87. The van der Waals surface area contributed by atoms with Crippen molar-refractivity contribution in [1.82, 2.24) is 5.32 Å². The van der Waals surface area contributed by atoms with Crippen LogP contribution in [0.25, 0.3) is 0 Å². The molecule has 1 aromatic carbocycles. The number of nitrogens with one attached hydrogen (secondary N) is 1. The van der Waals surface area contributed by atoms with Gasteiger partial charge in [-0.1, -0.05) is 24.6 Å². The van der Waals surface area contributed by atoms with Crippen LogP contribution in [-0.4, -0.2) is 12.3 Å². The van der Waals surface area contributed by atoms with Crippen LogP contribution >= 0.6 is 23.1 Å². The lowest BCUT2D eigenvalue weighted by atomic mass is 10.2. The maximum absolute atomic E-state index is 3.69. The molecule has 1 N–H and O–H groups in total. The smallest absolute Gasteiger partial charge is 0.0512 e. The molecule has 1 unspecified atom stereocenters. The predicted octanol–water partition coefficient (Wildman–Crippen LogP) is 5.20. The van der Waals surface area contributed by atoms with E-state index in [9.17, 15) is 0 Å². The fourth-order valence-corrected chi connectivity index (χ4v) is 4.37. The molecular formula is C17H23NS2. The number of rotatable bonds is 7. The summed E-state index contributed by atoms with van der Waals surface area (Å²) in [5.41, 5.74) is 2.74. The van der Waals surface area contributed by atoms with Gasteiger partial charge >= 0.3 is 0 Å². The summed E-state index contributed by atoms with van der Waals surface area (Å²) in [6.07, 6.45) is 1.18. The molecule has 0 saturated carbocycles. The molecule has 1 aromatic heterocycles. The number of thioether (sulfide) groups is 1. The molecule has 0 spiro atoms. The lowest BCUT2D eigenvalue weighted by molar-refractivity contribution is 0.583. The monoisotopic (exact) mass is 305 g/mol. The molecule has 0 fully saturated rings. The van der Waals surface area contributed by atoms with Crippen molar-refractivity contribution >= 4 is 23.1 Å².